The van der Waals surface area contributed by atoms with Gasteiger partial charge in [0, 0.05) is 36.9 Å². The Morgan fingerprint density at radius 1 is 1.15 bits per heavy atom. The third-order valence-corrected chi connectivity index (χ3v) is 8.42. The minimum Gasteiger partial charge on any atom is -0.488 e. The molecule has 1 atom stereocenters. The number of benzene rings is 1. The summed E-state index contributed by atoms with van der Waals surface area (Å²) >= 11 is 0. The molecule has 0 spiro atoms. The number of hydrogen-bond acceptors (Lipinski definition) is 7. The number of anilines is 1. The number of nitrogens with zero attached hydrogens (tertiary/aromatic N) is 4. The molecule has 8 nitrogen and oxygen atoms in total. The van der Waals surface area contributed by atoms with Crippen molar-refractivity contribution in [3.8, 4) is 5.75 Å². The Kier molecular flexibility index (Phi) is 13.3. The summed E-state index contributed by atoms with van der Waals surface area (Å²) in [5, 5.41) is 10.0. The fourth-order valence-electron chi connectivity index (χ4n) is 5.61. The number of hydrazone groups is 1. The van der Waals surface area contributed by atoms with E-state index in [1.165, 1.54) is 5.57 Å². The van der Waals surface area contributed by atoms with Crippen molar-refractivity contribution in [2.75, 3.05) is 31.7 Å². The molecule has 0 aromatic heterocycles. The first-order chi connectivity index (χ1) is 22.8. The molecule has 252 valence electrons. The lowest BCUT2D eigenvalue weighted by Gasteiger charge is -2.43. The van der Waals surface area contributed by atoms with Crippen LogP contribution in [0.5, 0.6) is 5.75 Å². The Morgan fingerprint density at radius 2 is 1.98 bits per heavy atom. The molecule has 0 amide bonds. The lowest BCUT2D eigenvalue weighted by Crippen LogP contribution is -2.51. The molecule has 8 heteroatoms. The minimum absolute atomic E-state index is 0.208. The SMILES string of the molecule is C/C=N\N1C=CC(Oc2ccc(NC(=N\C=C\CCC)/C(C(/C)=C\C)=C3\OCC4COCCN4\C3=C/CC)cc2C)=C/C1=C(\C)CC. The van der Waals surface area contributed by atoms with Gasteiger partial charge in [0.15, 0.2) is 5.76 Å². The monoisotopic (exact) mass is 639 g/mol. The number of rotatable bonds is 11. The van der Waals surface area contributed by atoms with Crippen LogP contribution in [0.2, 0.25) is 0 Å². The molecular formula is C39H53N5O3. The number of aryl methyl sites for hydroxylation is 1. The van der Waals surface area contributed by atoms with E-state index in [1.54, 1.807) is 6.21 Å². The summed E-state index contributed by atoms with van der Waals surface area (Å²) in [6, 6.07) is 6.36. The van der Waals surface area contributed by atoms with Gasteiger partial charge in [0.1, 0.15) is 24.0 Å². The number of unbranched alkanes of at least 4 members (excludes halogenated alkanes) is 1. The van der Waals surface area contributed by atoms with Crippen molar-refractivity contribution in [3.63, 3.8) is 0 Å². The van der Waals surface area contributed by atoms with Crippen LogP contribution in [-0.4, -0.2) is 54.4 Å². The predicted octanol–water partition coefficient (Wildman–Crippen LogP) is 9.15. The first kappa shape index (κ1) is 35.6. The van der Waals surface area contributed by atoms with Crippen LogP contribution in [0.1, 0.15) is 79.7 Å². The molecule has 1 N–H and O–H groups in total. The van der Waals surface area contributed by atoms with Gasteiger partial charge in [0.05, 0.1) is 36.2 Å². The molecule has 0 aliphatic carbocycles. The van der Waals surface area contributed by atoms with E-state index in [-0.39, 0.29) is 6.04 Å². The molecule has 4 rings (SSSR count). The van der Waals surface area contributed by atoms with E-state index in [2.05, 4.69) is 88.1 Å². The topological polar surface area (TPSA) is 70.9 Å². The lowest BCUT2D eigenvalue weighted by atomic mass is 9.99. The van der Waals surface area contributed by atoms with Gasteiger partial charge in [-0.3, -0.25) is 0 Å². The second-order valence-corrected chi connectivity index (χ2v) is 11.9. The van der Waals surface area contributed by atoms with E-state index in [4.69, 9.17) is 19.2 Å². The lowest BCUT2D eigenvalue weighted by molar-refractivity contribution is -0.0393. The summed E-state index contributed by atoms with van der Waals surface area (Å²) < 4.78 is 18.8. The van der Waals surface area contributed by atoms with Crippen molar-refractivity contribution in [2.24, 2.45) is 10.1 Å². The first-order valence-corrected chi connectivity index (χ1v) is 17.1. The molecule has 2 fully saturated rings. The zero-order valence-electron chi connectivity index (χ0n) is 29.6. The number of ether oxygens (including phenoxy) is 3. The van der Waals surface area contributed by atoms with Crippen LogP contribution in [-0.2, 0) is 9.47 Å². The van der Waals surface area contributed by atoms with E-state index in [9.17, 15) is 0 Å². The van der Waals surface area contributed by atoms with Crippen molar-refractivity contribution in [2.45, 2.75) is 87.1 Å². The third kappa shape index (κ3) is 8.95. The first-order valence-electron chi connectivity index (χ1n) is 17.1. The number of amidine groups is 1. The molecule has 0 saturated carbocycles. The van der Waals surface area contributed by atoms with Crippen molar-refractivity contribution < 1.29 is 14.2 Å². The molecule has 1 unspecified atom stereocenters. The third-order valence-electron chi connectivity index (χ3n) is 8.42. The van der Waals surface area contributed by atoms with Gasteiger partial charge in [-0.2, -0.15) is 5.10 Å². The van der Waals surface area contributed by atoms with Gasteiger partial charge in [-0.25, -0.2) is 10.0 Å². The molecule has 1 aromatic carbocycles. The van der Waals surface area contributed by atoms with Crippen LogP contribution >= 0.6 is 0 Å². The Balaban J connectivity index is 1.70. The molecule has 0 bridgehead atoms. The summed E-state index contributed by atoms with van der Waals surface area (Å²) in [6.45, 7) is 19.6. The zero-order valence-corrected chi connectivity index (χ0v) is 29.6. The molecular weight excluding hydrogens is 586 g/mol. The number of allylic oxidation sites excluding steroid dienone is 6. The minimum atomic E-state index is 0.208. The van der Waals surface area contributed by atoms with Crippen LogP contribution in [0.15, 0.2) is 111 Å². The summed E-state index contributed by atoms with van der Waals surface area (Å²) in [4.78, 5) is 7.45. The molecule has 3 heterocycles. The Morgan fingerprint density at radius 3 is 2.68 bits per heavy atom. The predicted molar refractivity (Wildman–Crippen MR) is 195 cm³/mol. The van der Waals surface area contributed by atoms with Gasteiger partial charge in [0.2, 0.25) is 0 Å². The second kappa shape index (κ2) is 17.6. The summed E-state index contributed by atoms with van der Waals surface area (Å²) in [5.41, 5.74) is 7.34. The van der Waals surface area contributed by atoms with Crippen LogP contribution in [0.4, 0.5) is 5.69 Å². The normalized spacial score (nSPS) is 22.1. The number of hydrogen-bond donors (Lipinski definition) is 1. The Bertz CT molecular complexity index is 1540. The van der Waals surface area contributed by atoms with E-state index < -0.39 is 0 Å². The largest absolute Gasteiger partial charge is 0.488 e. The van der Waals surface area contributed by atoms with Gasteiger partial charge in [-0.15, -0.1) is 0 Å². The number of fused-ring (bicyclic) bond motifs is 1. The quantitative estimate of drug-likeness (QED) is 0.192. The Hall–Kier alpha value is -4.30. The van der Waals surface area contributed by atoms with Crippen molar-refractivity contribution >= 4 is 17.7 Å². The average molecular weight is 640 g/mol. The Labute approximate surface area is 282 Å². The highest BCUT2D eigenvalue weighted by Gasteiger charge is 2.35. The molecule has 47 heavy (non-hydrogen) atoms. The van der Waals surface area contributed by atoms with Gasteiger partial charge in [-0.1, -0.05) is 45.4 Å². The molecule has 0 radical (unpaired) electrons. The van der Waals surface area contributed by atoms with Crippen LogP contribution in [0.25, 0.3) is 0 Å². The fourth-order valence-corrected chi connectivity index (χ4v) is 5.61. The summed E-state index contributed by atoms with van der Waals surface area (Å²) in [7, 11) is 0. The smallest absolute Gasteiger partial charge is 0.153 e. The highest BCUT2D eigenvalue weighted by Crippen LogP contribution is 2.34. The van der Waals surface area contributed by atoms with Gasteiger partial charge < -0.3 is 24.4 Å². The van der Waals surface area contributed by atoms with E-state index in [0.717, 1.165) is 89.1 Å². The average Bonchev–Trinajstić information content (AvgIpc) is 3.09. The number of aliphatic imine (C=N–C) groups is 1. The van der Waals surface area contributed by atoms with Crippen molar-refractivity contribution in [3.05, 3.63) is 106 Å². The van der Waals surface area contributed by atoms with E-state index >= 15 is 0 Å². The van der Waals surface area contributed by atoms with Crippen LogP contribution in [0, 0.1) is 6.92 Å². The van der Waals surface area contributed by atoms with E-state index in [0.29, 0.717) is 19.8 Å². The molecule has 2 saturated heterocycles. The molecule has 1 aromatic rings. The standard InChI is InChI=1S/C39H53N5O3/c1-9-14-15-20-40-39(37(29(7)12-4)38-34(16-10-2)43-22-23-45-26-32(43)27-46-38)42-31-17-18-36(30(8)24-31)47-33-19-21-44(41-13-5)35(25-33)28(6)11-3/h12-13,15-21,24-25,32H,9-11,14,22-23,26-27H2,1-8H3,(H,40,42)/b20-15+,29-12-,34-16-,35-28-,38-37-,41-13-. The van der Waals surface area contributed by atoms with Gasteiger partial charge in [0.25, 0.3) is 0 Å². The zero-order chi connectivity index (χ0) is 33.8. The number of nitrogens with one attached hydrogen (secondary N) is 1. The maximum atomic E-state index is 6.58. The highest BCUT2D eigenvalue weighted by atomic mass is 16.5. The maximum absolute atomic E-state index is 6.58. The fraction of sp³-hybridized carbons (Fsp3) is 0.436. The number of morpholine rings is 2. The van der Waals surface area contributed by atoms with Gasteiger partial charge >= 0.3 is 0 Å². The van der Waals surface area contributed by atoms with Crippen molar-refractivity contribution in [1.82, 2.24) is 9.91 Å². The van der Waals surface area contributed by atoms with Crippen molar-refractivity contribution in [1.29, 1.82) is 0 Å². The van der Waals surface area contributed by atoms with Gasteiger partial charge in [-0.05, 0) is 94.9 Å². The molecule has 3 aliphatic rings. The second-order valence-electron chi connectivity index (χ2n) is 11.9. The molecule has 3 aliphatic heterocycles. The van der Waals surface area contributed by atoms with Crippen LogP contribution < -0.4 is 10.1 Å². The maximum Gasteiger partial charge on any atom is 0.153 e. The summed E-state index contributed by atoms with van der Waals surface area (Å²) in [6.07, 6.45) is 20.0. The highest BCUT2D eigenvalue weighted by molar-refractivity contribution is 6.11. The van der Waals surface area contributed by atoms with E-state index in [1.807, 2.05) is 48.6 Å². The van der Waals surface area contributed by atoms with Crippen LogP contribution in [0.3, 0.4) is 0 Å². The summed E-state index contributed by atoms with van der Waals surface area (Å²) in [5.74, 6) is 3.16.